The number of rotatable bonds is 8. The maximum atomic E-state index is 12.1. The second-order valence-electron chi connectivity index (χ2n) is 6.39. The molecule has 142 valence electrons. The average Bonchev–Trinajstić information content (AvgIpc) is 2.77. The van der Waals surface area contributed by atoms with Gasteiger partial charge in [0.05, 0.1) is 5.71 Å². The summed E-state index contributed by atoms with van der Waals surface area (Å²) in [5.74, 6) is 0.368. The molecule has 4 nitrogen and oxygen atoms in total. The third-order valence-electron chi connectivity index (χ3n) is 4.24. The van der Waals surface area contributed by atoms with Gasteiger partial charge in [-0.05, 0) is 35.2 Å². The minimum atomic E-state index is -0.281. The van der Waals surface area contributed by atoms with Gasteiger partial charge in [0, 0.05) is 0 Å². The van der Waals surface area contributed by atoms with E-state index in [1.807, 2.05) is 72.8 Å². The molecule has 1 amide bonds. The summed E-state index contributed by atoms with van der Waals surface area (Å²) in [6.45, 7) is 2.00. The summed E-state index contributed by atoms with van der Waals surface area (Å²) in [6.07, 6.45) is 1.75. The summed E-state index contributed by atoms with van der Waals surface area (Å²) in [5.41, 5.74) is 6.73. The van der Waals surface area contributed by atoms with E-state index in [1.165, 1.54) is 0 Å². The minimum absolute atomic E-state index is 0.0810. The number of benzene rings is 3. The second-order valence-corrected chi connectivity index (χ2v) is 6.39. The molecule has 3 aromatic carbocycles. The van der Waals surface area contributed by atoms with E-state index in [4.69, 9.17) is 4.74 Å². The van der Waals surface area contributed by atoms with E-state index in [1.54, 1.807) is 0 Å². The maximum Gasteiger partial charge on any atom is 0.277 e. The molecule has 4 heteroatoms. The highest BCUT2D eigenvalue weighted by Crippen LogP contribution is 2.21. The van der Waals surface area contributed by atoms with Crippen molar-refractivity contribution in [3.05, 3.63) is 90.5 Å². The van der Waals surface area contributed by atoms with E-state index in [2.05, 4.69) is 29.6 Å². The van der Waals surface area contributed by atoms with Crippen molar-refractivity contribution in [1.82, 2.24) is 5.43 Å². The Kier molecular flexibility index (Phi) is 6.96. The summed E-state index contributed by atoms with van der Waals surface area (Å²) in [5, 5.41) is 4.29. The van der Waals surface area contributed by atoms with Gasteiger partial charge in [0.2, 0.25) is 0 Å². The Hall–Kier alpha value is -3.40. The Bertz CT molecular complexity index is 904. The number of ether oxygens (including phenoxy) is 1. The molecule has 0 aliphatic rings. The fraction of sp³-hybridized carbons (Fsp3) is 0.167. The predicted octanol–water partition coefficient (Wildman–Crippen LogP) is 5.05. The zero-order chi connectivity index (χ0) is 19.6. The first-order valence-electron chi connectivity index (χ1n) is 9.45. The molecule has 0 heterocycles. The molecule has 0 bridgehead atoms. The molecule has 0 saturated heterocycles. The van der Waals surface area contributed by atoms with Crippen LogP contribution in [0.1, 0.15) is 25.3 Å². The van der Waals surface area contributed by atoms with E-state index < -0.39 is 0 Å². The molecule has 0 aliphatic heterocycles. The highest BCUT2D eigenvalue weighted by Gasteiger charge is 2.06. The molecular weight excluding hydrogens is 348 g/mol. The van der Waals surface area contributed by atoms with Gasteiger partial charge in [-0.3, -0.25) is 4.79 Å². The van der Waals surface area contributed by atoms with Crippen LogP contribution in [0.5, 0.6) is 5.75 Å². The van der Waals surface area contributed by atoms with Crippen LogP contribution in [0.4, 0.5) is 0 Å². The Morgan fingerprint density at radius 2 is 1.46 bits per heavy atom. The Morgan fingerprint density at radius 3 is 2.11 bits per heavy atom. The molecular formula is C24H24N2O2. The average molecular weight is 372 g/mol. The number of hydrogen-bond acceptors (Lipinski definition) is 3. The third-order valence-corrected chi connectivity index (χ3v) is 4.24. The predicted molar refractivity (Wildman–Crippen MR) is 113 cm³/mol. The van der Waals surface area contributed by atoms with Crippen molar-refractivity contribution in [3.8, 4) is 16.9 Å². The fourth-order valence-corrected chi connectivity index (χ4v) is 2.82. The molecule has 3 aromatic rings. The summed E-state index contributed by atoms with van der Waals surface area (Å²) in [6, 6.07) is 27.7. The van der Waals surface area contributed by atoms with Gasteiger partial charge in [-0.25, -0.2) is 5.43 Å². The lowest BCUT2D eigenvalue weighted by Crippen LogP contribution is -2.26. The number of hydrazone groups is 1. The van der Waals surface area contributed by atoms with E-state index in [-0.39, 0.29) is 12.5 Å². The van der Waals surface area contributed by atoms with Gasteiger partial charge in [0.15, 0.2) is 6.61 Å². The topological polar surface area (TPSA) is 50.7 Å². The number of hydrogen-bond donors (Lipinski definition) is 1. The van der Waals surface area contributed by atoms with Crippen LogP contribution >= 0.6 is 0 Å². The molecule has 1 N–H and O–H groups in total. The first kappa shape index (κ1) is 19.4. The summed E-state index contributed by atoms with van der Waals surface area (Å²) in [7, 11) is 0. The first-order valence-corrected chi connectivity index (χ1v) is 9.45. The Balaban J connectivity index is 1.55. The second kappa shape index (κ2) is 10.1. The summed E-state index contributed by atoms with van der Waals surface area (Å²) < 4.78 is 5.58. The van der Waals surface area contributed by atoms with Crippen LogP contribution in [0.15, 0.2) is 90.0 Å². The van der Waals surface area contributed by atoms with Crippen molar-refractivity contribution < 1.29 is 9.53 Å². The molecule has 0 fully saturated rings. The van der Waals surface area contributed by atoms with Crippen LogP contribution in [0.25, 0.3) is 11.1 Å². The van der Waals surface area contributed by atoms with Crippen LogP contribution in [0.3, 0.4) is 0 Å². The number of amides is 1. The fourth-order valence-electron chi connectivity index (χ4n) is 2.82. The molecule has 0 unspecified atom stereocenters. The maximum absolute atomic E-state index is 12.1. The number of carbonyl (C=O) groups excluding carboxylic acids is 1. The van der Waals surface area contributed by atoms with Gasteiger partial charge < -0.3 is 4.74 Å². The number of nitrogens with zero attached hydrogens (tertiary/aromatic N) is 1. The van der Waals surface area contributed by atoms with Gasteiger partial charge in [-0.15, -0.1) is 0 Å². The molecule has 3 rings (SSSR count). The molecule has 28 heavy (non-hydrogen) atoms. The zero-order valence-electron chi connectivity index (χ0n) is 16.0. The van der Waals surface area contributed by atoms with Gasteiger partial charge in [-0.2, -0.15) is 5.10 Å². The van der Waals surface area contributed by atoms with E-state index >= 15 is 0 Å². The highest BCUT2D eigenvalue weighted by atomic mass is 16.5. The van der Waals surface area contributed by atoms with Crippen LogP contribution in [0, 0.1) is 0 Å². The zero-order valence-corrected chi connectivity index (χ0v) is 16.0. The molecule has 0 radical (unpaired) electrons. The van der Waals surface area contributed by atoms with Crippen molar-refractivity contribution in [2.45, 2.75) is 19.8 Å². The first-order chi connectivity index (χ1) is 13.8. The van der Waals surface area contributed by atoms with Crippen molar-refractivity contribution in [2.75, 3.05) is 6.61 Å². The lowest BCUT2D eigenvalue weighted by atomic mass is 10.1. The van der Waals surface area contributed by atoms with Crippen molar-refractivity contribution in [3.63, 3.8) is 0 Å². The lowest BCUT2D eigenvalue weighted by Gasteiger charge is -2.08. The van der Waals surface area contributed by atoms with E-state index in [0.29, 0.717) is 5.75 Å². The molecule has 0 spiro atoms. The summed E-state index contributed by atoms with van der Waals surface area (Å²) in [4.78, 5) is 12.1. The van der Waals surface area contributed by atoms with Gasteiger partial charge in [0.25, 0.3) is 5.91 Å². The van der Waals surface area contributed by atoms with Gasteiger partial charge in [0.1, 0.15) is 5.75 Å². The Labute approximate surface area is 165 Å². The molecule has 0 aliphatic carbocycles. The van der Waals surface area contributed by atoms with Crippen molar-refractivity contribution in [1.29, 1.82) is 0 Å². The molecule has 0 aromatic heterocycles. The van der Waals surface area contributed by atoms with Crippen LogP contribution in [-0.2, 0) is 4.79 Å². The SMILES string of the molecule is CCC/C(=N\NC(=O)COc1ccc(-c2ccccc2)cc1)c1ccccc1. The number of carbonyl (C=O) groups is 1. The monoisotopic (exact) mass is 372 g/mol. The summed E-state index contributed by atoms with van der Waals surface area (Å²) >= 11 is 0. The van der Waals surface area contributed by atoms with Gasteiger partial charge >= 0.3 is 0 Å². The van der Waals surface area contributed by atoms with Crippen LogP contribution in [0.2, 0.25) is 0 Å². The van der Waals surface area contributed by atoms with Crippen LogP contribution in [-0.4, -0.2) is 18.2 Å². The molecule has 0 saturated carbocycles. The van der Waals surface area contributed by atoms with Crippen molar-refractivity contribution in [2.24, 2.45) is 5.10 Å². The normalized spacial score (nSPS) is 11.1. The smallest absolute Gasteiger partial charge is 0.277 e. The largest absolute Gasteiger partial charge is 0.484 e. The van der Waals surface area contributed by atoms with Crippen LogP contribution < -0.4 is 10.2 Å². The van der Waals surface area contributed by atoms with E-state index in [9.17, 15) is 4.79 Å². The van der Waals surface area contributed by atoms with Gasteiger partial charge in [-0.1, -0.05) is 86.1 Å². The van der Waals surface area contributed by atoms with Crippen molar-refractivity contribution >= 4 is 11.6 Å². The Morgan fingerprint density at radius 1 is 0.857 bits per heavy atom. The third kappa shape index (κ3) is 5.55. The standard InChI is InChI=1S/C24H24N2O2/c1-2-9-23(21-12-7-4-8-13-21)25-26-24(27)18-28-22-16-14-20(15-17-22)19-10-5-3-6-11-19/h3-8,10-17H,2,9,18H2,1H3,(H,26,27)/b25-23+. The number of nitrogens with one attached hydrogen (secondary N) is 1. The lowest BCUT2D eigenvalue weighted by molar-refractivity contribution is -0.123. The molecule has 0 atom stereocenters. The minimum Gasteiger partial charge on any atom is -0.484 e. The quantitative estimate of drug-likeness (QED) is 0.444. The van der Waals surface area contributed by atoms with E-state index in [0.717, 1.165) is 35.2 Å². The highest BCUT2D eigenvalue weighted by molar-refractivity contribution is 6.01.